The van der Waals surface area contributed by atoms with E-state index in [1.165, 1.54) is 55.7 Å². The molecule has 0 unspecified atom stereocenters. The van der Waals surface area contributed by atoms with Crippen molar-refractivity contribution < 1.29 is 77.7 Å². The van der Waals surface area contributed by atoms with Crippen LogP contribution in [0.1, 0.15) is 44.1 Å². The molecule has 0 spiro atoms. The molecule has 2 aromatic rings. The number of sulfone groups is 1. The average Bonchev–Trinajstić information content (AvgIpc) is 2.61. The van der Waals surface area contributed by atoms with Crippen LogP contribution in [0.25, 0.3) is 0 Å². The number of benzene rings is 2. The van der Waals surface area contributed by atoms with E-state index in [1.807, 2.05) is 0 Å². The molecule has 4 aliphatic carbocycles. The monoisotopic (exact) mass is 428 g/mol. The normalized spacial score (nSPS) is 29.7. The Kier molecular flexibility index (Phi) is 6.93. The zero-order valence-electron chi connectivity index (χ0n) is 17.1. The molecule has 2 aromatic carbocycles. The van der Waals surface area contributed by atoms with E-state index in [9.17, 15) is 18.6 Å². The molecule has 142 valence electrons. The van der Waals surface area contributed by atoms with Gasteiger partial charge in [-0.05, 0) is 91.5 Å². The summed E-state index contributed by atoms with van der Waals surface area (Å²) in [7, 11) is -3.74. The summed E-state index contributed by atoms with van der Waals surface area (Å²) in [5.41, 5.74) is 0.555. The molecule has 29 heavy (non-hydrogen) atoms. The summed E-state index contributed by atoms with van der Waals surface area (Å²) >= 11 is 0. The molecule has 0 radical (unpaired) electrons. The molecule has 6 rings (SSSR count). The third kappa shape index (κ3) is 4.09. The number of hydrogen-bond donors (Lipinski definition) is 0. The first-order valence-corrected chi connectivity index (χ1v) is 11.2. The van der Waals surface area contributed by atoms with Crippen molar-refractivity contribution in [2.75, 3.05) is 0 Å². The van der Waals surface area contributed by atoms with E-state index in [4.69, 9.17) is 0 Å². The average molecular weight is 428 g/mol. The summed E-state index contributed by atoms with van der Waals surface area (Å²) in [6.07, 6.45) is 6.86. The molecule has 0 N–H and O–H groups in total. The fraction of sp³-hybridized carbons (Fsp3) is 0.455. The maximum absolute atomic E-state index is 13.0. The van der Waals surface area contributed by atoms with Crippen molar-refractivity contribution >= 4 is 9.84 Å². The van der Waals surface area contributed by atoms with Crippen LogP contribution in [0, 0.1) is 17.8 Å². The Balaban J connectivity index is 0.00000120. The van der Waals surface area contributed by atoms with Crippen LogP contribution in [0.3, 0.4) is 0 Å². The van der Waals surface area contributed by atoms with Gasteiger partial charge in [0.15, 0.2) is 0 Å². The minimum Gasteiger partial charge on any atom is -0.872 e. The molecule has 0 amide bonds. The van der Waals surface area contributed by atoms with Crippen LogP contribution >= 0.6 is 0 Å². The number of rotatable bonds is 3. The van der Waals surface area contributed by atoms with Crippen molar-refractivity contribution in [2.45, 2.75) is 53.7 Å². The maximum atomic E-state index is 13.0. The molecular formula is C22H22Na2O4S. The maximum Gasteiger partial charge on any atom is 1.00 e. The molecule has 4 fully saturated rings. The van der Waals surface area contributed by atoms with Crippen LogP contribution in [-0.2, 0) is 15.3 Å². The second-order valence-electron chi connectivity index (χ2n) is 8.83. The van der Waals surface area contributed by atoms with E-state index >= 15 is 0 Å². The van der Waals surface area contributed by atoms with Crippen molar-refractivity contribution in [3.8, 4) is 11.5 Å². The molecular weight excluding hydrogens is 406 g/mol. The first-order chi connectivity index (χ1) is 12.9. The molecule has 4 nitrogen and oxygen atoms in total. The Morgan fingerprint density at radius 2 is 1.24 bits per heavy atom. The van der Waals surface area contributed by atoms with Crippen molar-refractivity contribution in [3.05, 3.63) is 48.0 Å². The smallest absolute Gasteiger partial charge is 0.872 e. The zero-order valence-corrected chi connectivity index (χ0v) is 21.9. The van der Waals surface area contributed by atoms with Gasteiger partial charge in [-0.1, -0.05) is 18.2 Å². The van der Waals surface area contributed by atoms with Gasteiger partial charge in [0.2, 0.25) is 9.84 Å². The molecule has 0 heterocycles. The molecule has 0 aromatic heterocycles. The van der Waals surface area contributed by atoms with Crippen molar-refractivity contribution in [3.63, 3.8) is 0 Å². The summed E-state index contributed by atoms with van der Waals surface area (Å²) in [4.78, 5) is 0.253. The van der Waals surface area contributed by atoms with Gasteiger partial charge in [-0.25, -0.2) is 8.42 Å². The van der Waals surface area contributed by atoms with E-state index in [1.54, 1.807) is 6.07 Å². The van der Waals surface area contributed by atoms with Crippen LogP contribution in [-0.4, -0.2) is 8.42 Å². The molecule has 0 aliphatic heterocycles. The van der Waals surface area contributed by atoms with Gasteiger partial charge in [-0.15, -0.1) is 11.5 Å². The Morgan fingerprint density at radius 3 is 1.76 bits per heavy atom. The quantitative estimate of drug-likeness (QED) is 0.493. The van der Waals surface area contributed by atoms with E-state index in [2.05, 4.69) is 0 Å². The largest absolute Gasteiger partial charge is 1.00 e. The van der Waals surface area contributed by atoms with Crippen LogP contribution in [0.4, 0.5) is 0 Å². The van der Waals surface area contributed by atoms with Gasteiger partial charge < -0.3 is 10.2 Å². The third-order valence-electron chi connectivity index (χ3n) is 7.00. The van der Waals surface area contributed by atoms with Gasteiger partial charge in [-0.3, -0.25) is 0 Å². The summed E-state index contributed by atoms with van der Waals surface area (Å²) in [5, 5.41) is 24.1. The third-order valence-corrected chi connectivity index (χ3v) is 8.77. The predicted molar refractivity (Wildman–Crippen MR) is 97.1 cm³/mol. The van der Waals surface area contributed by atoms with E-state index in [0.717, 1.165) is 19.3 Å². The van der Waals surface area contributed by atoms with Crippen molar-refractivity contribution in [2.24, 2.45) is 17.8 Å². The van der Waals surface area contributed by atoms with Crippen molar-refractivity contribution in [1.82, 2.24) is 0 Å². The van der Waals surface area contributed by atoms with Gasteiger partial charge in [-0.2, -0.15) is 0 Å². The first kappa shape index (κ1) is 23.6. The first-order valence-electron chi connectivity index (χ1n) is 9.69. The van der Waals surface area contributed by atoms with Crippen LogP contribution in [0.5, 0.6) is 11.5 Å². The van der Waals surface area contributed by atoms with Crippen LogP contribution < -0.4 is 69.3 Å². The Hall–Kier alpha value is -0.01000. The fourth-order valence-corrected chi connectivity index (χ4v) is 7.57. The summed E-state index contributed by atoms with van der Waals surface area (Å²) in [6.45, 7) is 0. The molecule has 4 bridgehead atoms. The molecule has 4 aliphatic rings. The van der Waals surface area contributed by atoms with E-state index in [0.29, 0.717) is 23.3 Å². The van der Waals surface area contributed by atoms with Crippen LogP contribution in [0.2, 0.25) is 0 Å². The van der Waals surface area contributed by atoms with Crippen molar-refractivity contribution in [1.29, 1.82) is 0 Å². The van der Waals surface area contributed by atoms with Gasteiger partial charge in [0, 0.05) is 0 Å². The summed E-state index contributed by atoms with van der Waals surface area (Å²) < 4.78 is 26.1. The minimum absolute atomic E-state index is 0. The van der Waals surface area contributed by atoms with Gasteiger partial charge in [0.25, 0.3) is 0 Å². The SMILES string of the molecule is O=S(=O)(c1ccc([O-])cc1)c1ccc([O-])c(C23CC4CC(CC(C4)C2)C3)c1.[Na+].[Na+]. The summed E-state index contributed by atoms with van der Waals surface area (Å²) in [6, 6.07) is 9.66. The van der Waals surface area contributed by atoms with E-state index < -0.39 is 9.84 Å². The summed E-state index contributed by atoms with van der Waals surface area (Å²) in [5.74, 6) is 1.78. The topological polar surface area (TPSA) is 80.3 Å². The molecule has 0 saturated heterocycles. The fourth-order valence-electron chi connectivity index (χ4n) is 6.29. The Bertz CT molecular complexity index is 967. The van der Waals surface area contributed by atoms with Gasteiger partial charge >= 0.3 is 59.1 Å². The standard InChI is InChI=1S/C22H24O4S.2Na/c23-17-1-3-18(4-2-17)27(25,26)19-5-6-21(24)20(10-19)22-11-14-7-15(12-22)9-16(8-14)13-22;;/h1-6,10,14-16,23-24H,7-9,11-13H2;;/q;2*+1/p-2. The predicted octanol–water partition coefficient (Wildman–Crippen LogP) is -2.86. The Labute approximate surface area is 216 Å². The Morgan fingerprint density at radius 1 is 0.759 bits per heavy atom. The van der Waals surface area contributed by atoms with Gasteiger partial charge in [0.1, 0.15) is 0 Å². The second-order valence-corrected chi connectivity index (χ2v) is 10.8. The van der Waals surface area contributed by atoms with Crippen LogP contribution in [0.15, 0.2) is 52.3 Å². The minimum atomic E-state index is -3.74. The van der Waals surface area contributed by atoms with Gasteiger partial charge in [0.05, 0.1) is 9.79 Å². The number of hydrogen-bond acceptors (Lipinski definition) is 4. The molecule has 0 atom stereocenters. The molecule has 4 saturated carbocycles. The molecule has 7 heteroatoms. The second kappa shape index (κ2) is 8.50. The van der Waals surface area contributed by atoms with E-state index in [-0.39, 0.29) is 85.8 Å². The zero-order chi connectivity index (χ0) is 18.8.